The number of imide groups is 1. The van der Waals surface area contributed by atoms with Crippen LogP contribution in [-0.2, 0) is 14.4 Å². The molecule has 2 aliphatic carbocycles. The Bertz CT molecular complexity index is 647. The number of furan rings is 1. The number of amides is 2. The minimum absolute atomic E-state index is 0.0941. The van der Waals surface area contributed by atoms with Crippen LogP contribution in [0, 0.1) is 23.7 Å². The lowest BCUT2D eigenvalue weighted by Crippen LogP contribution is -2.39. The van der Waals surface area contributed by atoms with Crippen molar-refractivity contribution in [2.24, 2.45) is 23.7 Å². The molecule has 0 N–H and O–H groups in total. The molecule has 114 valence electrons. The molecule has 2 bridgehead atoms. The second kappa shape index (κ2) is 4.56. The molecule has 6 nitrogen and oxygen atoms in total. The summed E-state index contributed by atoms with van der Waals surface area (Å²) in [6.07, 6.45) is 5.79. The lowest BCUT2D eigenvalue weighted by Gasteiger charge is -2.26. The molecule has 5 unspecified atom stereocenters. The Morgan fingerprint density at radius 2 is 1.91 bits per heavy atom. The van der Waals surface area contributed by atoms with Gasteiger partial charge in [-0.2, -0.15) is 0 Å². The molecule has 1 saturated heterocycles. The normalized spacial score (nSPS) is 33.5. The van der Waals surface area contributed by atoms with Crippen LogP contribution in [0.1, 0.15) is 24.6 Å². The number of carbonyl (C=O) groups excluding carboxylic acids is 3. The summed E-state index contributed by atoms with van der Waals surface area (Å²) in [5, 5.41) is 11.0. The monoisotopic (exact) mass is 300 g/mol. The molecule has 0 spiro atoms. The molecule has 2 heterocycles. The van der Waals surface area contributed by atoms with Gasteiger partial charge in [-0.05, 0) is 30.4 Å². The molecule has 2 amide bonds. The minimum Gasteiger partial charge on any atom is -0.550 e. The summed E-state index contributed by atoms with van der Waals surface area (Å²) in [7, 11) is 0. The van der Waals surface area contributed by atoms with E-state index in [4.69, 9.17) is 4.42 Å². The van der Waals surface area contributed by atoms with Crippen LogP contribution in [0.25, 0.3) is 0 Å². The van der Waals surface area contributed by atoms with Crippen molar-refractivity contribution in [3.63, 3.8) is 0 Å². The number of allylic oxidation sites excluding steroid dienone is 2. The number of hydrogen-bond acceptors (Lipinski definition) is 5. The molecule has 1 aromatic rings. The van der Waals surface area contributed by atoms with E-state index in [-0.39, 0.29) is 35.5 Å². The third kappa shape index (κ3) is 1.70. The van der Waals surface area contributed by atoms with Crippen LogP contribution >= 0.6 is 0 Å². The quantitative estimate of drug-likeness (QED) is 0.588. The summed E-state index contributed by atoms with van der Waals surface area (Å²) >= 11 is 0. The maximum absolute atomic E-state index is 12.7. The highest BCUT2D eigenvalue weighted by molar-refractivity contribution is 6.07. The van der Waals surface area contributed by atoms with E-state index in [0.29, 0.717) is 5.76 Å². The Hall–Kier alpha value is -2.37. The number of carboxylic acid groups (broad SMARTS) is 1. The van der Waals surface area contributed by atoms with Crippen molar-refractivity contribution in [3.05, 3.63) is 36.3 Å². The molecule has 2 fully saturated rings. The van der Waals surface area contributed by atoms with Crippen molar-refractivity contribution >= 4 is 17.8 Å². The number of rotatable bonds is 4. The molecule has 1 saturated carbocycles. The molecule has 1 aliphatic heterocycles. The topological polar surface area (TPSA) is 90.7 Å². The van der Waals surface area contributed by atoms with Gasteiger partial charge in [-0.25, -0.2) is 0 Å². The van der Waals surface area contributed by atoms with E-state index in [1.165, 1.54) is 6.26 Å². The number of carboxylic acids is 1. The van der Waals surface area contributed by atoms with Crippen molar-refractivity contribution in [3.8, 4) is 0 Å². The number of aliphatic carboxylic acids is 1. The summed E-state index contributed by atoms with van der Waals surface area (Å²) in [6, 6.07) is 2.26. The Labute approximate surface area is 126 Å². The van der Waals surface area contributed by atoms with Gasteiger partial charge in [-0.3, -0.25) is 14.5 Å². The number of fused-ring (bicyclic) bond motifs is 5. The zero-order chi connectivity index (χ0) is 15.4. The number of carbonyl (C=O) groups is 3. The van der Waals surface area contributed by atoms with Crippen LogP contribution in [0.5, 0.6) is 0 Å². The van der Waals surface area contributed by atoms with E-state index < -0.39 is 18.4 Å². The Morgan fingerprint density at radius 1 is 1.27 bits per heavy atom. The second-order valence-electron chi connectivity index (χ2n) is 6.15. The Kier molecular flexibility index (Phi) is 2.76. The first-order valence-corrected chi connectivity index (χ1v) is 7.36. The molecule has 6 heteroatoms. The molecule has 22 heavy (non-hydrogen) atoms. The maximum atomic E-state index is 12.7. The smallest absolute Gasteiger partial charge is 0.234 e. The van der Waals surface area contributed by atoms with Crippen LogP contribution < -0.4 is 5.11 Å². The third-order valence-corrected chi connectivity index (χ3v) is 5.05. The number of nitrogens with zero attached hydrogens (tertiary/aromatic N) is 1. The van der Waals surface area contributed by atoms with Gasteiger partial charge in [0.2, 0.25) is 11.8 Å². The SMILES string of the molecule is O=C([O-])CC(c1ccco1)N1C(=O)C2C3C=CC(C3)C2C1=O. The average Bonchev–Trinajstić information content (AvgIpc) is 3.22. The largest absolute Gasteiger partial charge is 0.550 e. The van der Waals surface area contributed by atoms with Crippen molar-refractivity contribution in [2.45, 2.75) is 18.9 Å². The first kappa shape index (κ1) is 13.3. The van der Waals surface area contributed by atoms with Crippen LogP contribution in [0.15, 0.2) is 35.0 Å². The summed E-state index contributed by atoms with van der Waals surface area (Å²) in [6.45, 7) is 0. The number of hydrogen-bond donors (Lipinski definition) is 0. The van der Waals surface area contributed by atoms with Crippen molar-refractivity contribution in [2.75, 3.05) is 0 Å². The first-order chi connectivity index (χ1) is 10.6. The maximum Gasteiger partial charge on any atom is 0.234 e. The van der Waals surface area contributed by atoms with E-state index in [2.05, 4.69) is 0 Å². The molecule has 3 aliphatic rings. The molecule has 5 atom stereocenters. The van der Waals surface area contributed by atoms with Gasteiger partial charge in [0.05, 0.1) is 18.1 Å². The van der Waals surface area contributed by atoms with E-state index in [1.807, 2.05) is 12.2 Å². The second-order valence-corrected chi connectivity index (χ2v) is 6.15. The van der Waals surface area contributed by atoms with Crippen LogP contribution in [0.4, 0.5) is 0 Å². The van der Waals surface area contributed by atoms with Crippen LogP contribution in [0.3, 0.4) is 0 Å². The van der Waals surface area contributed by atoms with Gasteiger partial charge in [-0.15, -0.1) is 0 Å². The molecule has 1 aromatic heterocycles. The molecule has 4 rings (SSSR count). The van der Waals surface area contributed by atoms with E-state index >= 15 is 0 Å². The highest BCUT2D eigenvalue weighted by Crippen LogP contribution is 2.54. The van der Waals surface area contributed by atoms with E-state index in [9.17, 15) is 19.5 Å². The first-order valence-electron chi connectivity index (χ1n) is 7.36. The van der Waals surface area contributed by atoms with Gasteiger partial charge in [0.25, 0.3) is 0 Å². The highest BCUT2D eigenvalue weighted by atomic mass is 16.4. The summed E-state index contributed by atoms with van der Waals surface area (Å²) in [5.74, 6) is -2.09. The highest BCUT2D eigenvalue weighted by Gasteiger charge is 2.60. The summed E-state index contributed by atoms with van der Waals surface area (Å²) < 4.78 is 5.24. The third-order valence-electron chi connectivity index (χ3n) is 5.05. The van der Waals surface area contributed by atoms with Crippen molar-refractivity contribution in [1.82, 2.24) is 4.90 Å². The van der Waals surface area contributed by atoms with E-state index in [0.717, 1.165) is 11.3 Å². The van der Waals surface area contributed by atoms with Crippen molar-refractivity contribution < 1.29 is 23.9 Å². The average molecular weight is 300 g/mol. The van der Waals surface area contributed by atoms with Crippen molar-refractivity contribution in [1.29, 1.82) is 0 Å². The fourth-order valence-electron chi connectivity index (χ4n) is 4.19. The zero-order valence-corrected chi connectivity index (χ0v) is 11.7. The minimum atomic E-state index is -1.32. The standard InChI is InChI=1S/C16H15NO5/c18-12(19)7-10(11-2-1-5-22-11)17-15(20)13-8-3-4-9(6-8)14(13)16(17)21/h1-5,8-10,13-14H,6-7H2,(H,18,19)/p-1. The van der Waals surface area contributed by atoms with Crippen LogP contribution in [-0.4, -0.2) is 22.7 Å². The van der Waals surface area contributed by atoms with Gasteiger partial charge in [-0.1, -0.05) is 12.2 Å². The molecular weight excluding hydrogens is 286 g/mol. The van der Waals surface area contributed by atoms with E-state index in [1.54, 1.807) is 12.1 Å². The predicted octanol–water partition coefficient (Wildman–Crippen LogP) is 0.268. The summed E-state index contributed by atoms with van der Waals surface area (Å²) in [4.78, 5) is 37.6. The lowest BCUT2D eigenvalue weighted by molar-refractivity contribution is -0.306. The molecular formula is C16H14NO5-. The fraction of sp³-hybridized carbons (Fsp3) is 0.438. The van der Waals surface area contributed by atoms with Crippen LogP contribution in [0.2, 0.25) is 0 Å². The molecule has 0 aromatic carbocycles. The Morgan fingerprint density at radius 3 is 2.41 bits per heavy atom. The van der Waals surface area contributed by atoms with Gasteiger partial charge in [0, 0.05) is 12.4 Å². The van der Waals surface area contributed by atoms with Gasteiger partial charge >= 0.3 is 0 Å². The summed E-state index contributed by atoms with van der Waals surface area (Å²) in [5.41, 5.74) is 0. The lowest BCUT2D eigenvalue weighted by atomic mass is 9.85. The zero-order valence-electron chi connectivity index (χ0n) is 11.7. The number of likely N-dealkylation sites (tertiary alicyclic amines) is 1. The Balaban J connectivity index is 1.70. The predicted molar refractivity (Wildman–Crippen MR) is 70.6 cm³/mol. The van der Waals surface area contributed by atoms with Gasteiger partial charge in [0.1, 0.15) is 11.8 Å². The van der Waals surface area contributed by atoms with Gasteiger partial charge < -0.3 is 14.3 Å². The van der Waals surface area contributed by atoms with Gasteiger partial charge in [0.15, 0.2) is 0 Å². The fourth-order valence-corrected chi connectivity index (χ4v) is 4.19. The molecule has 0 radical (unpaired) electrons.